The lowest BCUT2D eigenvalue weighted by Gasteiger charge is -2.18. The zero-order chi connectivity index (χ0) is 16.7. The smallest absolute Gasteiger partial charge is 0.312 e. The number of carbonyl (C=O) groups excluding carboxylic acids is 2. The van der Waals surface area contributed by atoms with Crippen molar-refractivity contribution in [2.24, 2.45) is 5.73 Å². The highest BCUT2D eigenvalue weighted by molar-refractivity contribution is 9.10. The van der Waals surface area contributed by atoms with Crippen LogP contribution in [0.25, 0.3) is 0 Å². The normalized spacial score (nSPS) is 11.5. The molecule has 5 nitrogen and oxygen atoms in total. The number of hydrogen-bond donors (Lipinski definition) is 3. The molecule has 0 aliphatic rings. The Kier molecular flexibility index (Phi) is 6.17. The molecule has 6 heteroatoms. The van der Waals surface area contributed by atoms with Gasteiger partial charge in [-0.3, -0.25) is 4.79 Å². The van der Waals surface area contributed by atoms with E-state index in [0.717, 1.165) is 15.6 Å². The Hall–Kier alpha value is -2.34. The lowest BCUT2D eigenvalue weighted by atomic mass is 10.0. The third-order valence-corrected chi connectivity index (χ3v) is 3.84. The monoisotopic (exact) mass is 375 g/mol. The molecule has 2 rings (SSSR count). The minimum Gasteiger partial charge on any atom is -0.352 e. The quantitative estimate of drug-likeness (QED) is 0.724. The minimum atomic E-state index is -0.659. The van der Waals surface area contributed by atoms with E-state index in [2.05, 4.69) is 26.6 Å². The van der Waals surface area contributed by atoms with Gasteiger partial charge < -0.3 is 16.4 Å². The van der Waals surface area contributed by atoms with Crippen LogP contribution in [0.4, 0.5) is 4.79 Å². The molecule has 0 aliphatic carbocycles. The molecule has 2 aromatic carbocycles. The molecular formula is C17H18BrN3O2. The van der Waals surface area contributed by atoms with Crippen LogP contribution in [-0.2, 0) is 11.3 Å². The molecule has 23 heavy (non-hydrogen) atoms. The summed E-state index contributed by atoms with van der Waals surface area (Å²) in [5.74, 6) is -0.157. The Morgan fingerprint density at radius 3 is 2.30 bits per heavy atom. The molecule has 4 N–H and O–H groups in total. The molecule has 0 radical (unpaired) electrons. The van der Waals surface area contributed by atoms with Crippen molar-refractivity contribution in [1.29, 1.82) is 0 Å². The van der Waals surface area contributed by atoms with Gasteiger partial charge in [0, 0.05) is 11.0 Å². The first-order valence-corrected chi connectivity index (χ1v) is 7.96. The molecular weight excluding hydrogens is 358 g/mol. The van der Waals surface area contributed by atoms with E-state index < -0.39 is 12.1 Å². The van der Waals surface area contributed by atoms with Crippen LogP contribution in [0.15, 0.2) is 59.1 Å². The first-order valence-electron chi connectivity index (χ1n) is 7.16. The van der Waals surface area contributed by atoms with Gasteiger partial charge in [0.25, 0.3) is 0 Å². The highest BCUT2D eigenvalue weighted by Gasteiger charge is 2.17. The molecule has 0 fully saturated rings. The van der Waals surface area contributed by atoms with Crippen LogP contribution in [0, 0.1) is 0 Å². The largest absolute Gasteiger partial charge is 0.352 e. The molecule has 0 saturated carbocycles. The van der Waals surface area contributed by atoms with Gasteiger partial charge in [-0.1, -0.05) is 58.4 Å². The Balaban J connectivity index is 1.98. The summed E-state index contributed by atoms with van der Waals surface area (Å²) < 4.78 is 0.924. The van der Waals surface area contributed by atoms with Crippen molar-refractivity contribution >= 4 is 27.9 Å². The van der Waals surface area contributed by atoms with Gasteiger partial charge in [-0.15, -0.1) is 0 Å². The first-order chi connectivity index (χ1) is 11.0. The van der Waals surface area contributed by atoms with E-state index in [1.54, 1.807) is 0 Å². The fourth-order valence-corrected chi connectivity index (χ4v) is 2.44. The second-order valence-electron chi connectivity index (χ2n) is 5.08. The number of halogens is 1. The zero-order valence-electron chi connectivity index (χ0n) is 12.5. The molecule has 2 aromatic rings. The number of amides is 3. The van der Waals surface area contributed by atoms with Crippen molar-refractivity contribution in [3.8, 4) is 0 Å². The van der Waals surface area contributed by atoms with Crippen molar-refractivity contribution < 1.29 is 9.59 Å². The topological polar surface area (TPSA) is 84.2 Å². The van der Waals surface area contributed by atoms with Gasteiger partial charge in [0.2, 0.25) is 5.91 Å². The summed E-state index contributed by atoms with van der Waals surface area (Å²) in [6.07, 6.45) is 0.122. The van der Waals surface area contributed by atoms with Gasteiger partial charge in [-0.2, -0.15) is 0 Å². The molecule has 3 amide bonds. The first kappa shape index (κ1) is 17.0. The van der Waals surface area contributed by atoms with Crippen molar-refractivity contribution in [1.82, 2.24) is 10.6 Å². The van der Waals surface area contributed by atoms with E-state index in [-0.39, 0.29) is 12.3 Å². The number of benzene rings is 2. The molecule has 0 aliphatic heterocycles. The number of urea groups is 1. The third kappa shape index (κ3) is 5.75. The number of primary amides is 1. The number of hydrogen-bond acceptors (Lipinski definition) is 2. The van der Waals surface area contributed by atoms with Crippen LogP contribution in [0.2, 0.25) is 0 Å². The third-order valence-electron chi connectivity index (χ3n) is 3.31. The summed E-state index contributed by atoms with van der Waals surface area (Å²) in [6.45, 7) is 0.448. The van der Waals surface area contributed by atoms with E-state index in [0.29, 0.717) is 6.54 Å². The van der Waals surface area contributed by atoms with E-state index in [9.17, 15) is 9.59 Å². The maximum absolute atomic E-state index is 12.1. The van der Waals surface area contributed by atoms with Gasteiger partial charge in [0.15, 0.2) is 0 Å². The van der Waals surface area contributed by atoms with Gasteiger partial charge in [-0.25, -0.2) is 4.79 Å². The number of rotatable bonds is 6. The number of carbonyl (C=O) groups is 2. The van der Waals surface area contributed by atoms with Crippen LogP contribution < -0.4 is 16.4 Å². The van der Waals surface area contributed by atoms with Gasteiger partial charge >= 0.3 is 6.03 Å². The Morgan fingerprint density at radius 1 is 1.04 bits per heavy atom. The average Bonchev–Trinajstić information content (AvgIpc) is 2.53. The van der Waals surface area contributed by atoms with Crippen molar-refractivity contribution in [3.05, 3.63) is 70.2 Å². The van der Waals surface area contributed by atoms with Crippen molar-refractivity contribution in [2.75, 3.05) is 0 Å². The van der Waals surface area contributed by atoms with Crippen LogP contribution in [-0.4, -0.2) is 11.9 Å². The van der Waals surface area contributed by atoms with Crippen LogP contribution in [0.3, 0.4) is 0 Å². The van der Waals surface area contributed by atoms with Crippen molar-refractivity contribution in [2.45, 2.75) is 19.0 Å². The molecule has 0 spiro atoms. The molecule has 0 saturated heterocycles. The Bertz CT molecular complexity index is 659. The van der Waals surface area contributed by atoms with E-state index in [1.165, 1.54) is 0 Å². The lowest BCUT2D eigenvalue weighted by molar-refractivity contribution is -0.121. The van der Waals surface area contributed by atoms with E-state index in [4.69, 9.17) is 5.73 Å². The second-order valence-corrected chi connectivity index (χ2v) is 5.99. The fourth-order valence-electron chi connectivity index (χ4n) is 2.17. The maximum atomic E-state index is 12.1. The maximum Gasteiger partial charge on any atom is 0.312 e. The molecule has 1 unspecified atom stereocenters. The Labute approximate surface area is 143 Å². The predicted octanol–water partition coefficient (Wildman–Crippen LogP) is 2.87. The Morgan fingerprint density at radius 2 is 1.70 bits per heavy atom. The summed E-state index contributed by atoms with van der Waals surface area (Å²) in [5.41, 5.74) is 7.05. The van der Waals surface area contributed by atoms with Crippen molar-refractivity contribution in [3.63, 3.8) is 0 Å². The second kappa shape index (κ2) is 8.33. The molecule has 0 aromatic heterocycles. The van der Waals surface area contributed by atoms with E-state index in [1.807, 2.05) is 54.6 Å². The van der Waals surface area contributed by atoms with Gasteiger partial charge in [-0.05, 0) is 23.3 Å². The predicted molar refractivity (Wildman–Crippen MR) is 92.5 cm³/mol. The lowest BCUT2D eigenvalue weighted by Crippen LogP contribution is -2.36. The standard InChI is InChI=1S/C17H18BrN3O2/c18-14-8-6-13(7-9-14)15(21-17(19)23)10-16(22)20-11-12-4-2-1-3-5-12/h1-9,15H,10-11H2,(H,20,22)(H3,19,21,23). The summed E-state index contributed by atoms with van der Waals surface area (Å²) in [7, 11) is 0. The zero-order valence-corrected chi connectivity index (χ0v) is 14.0. The van der Waals surface area contributed by atoms with Gasteiger partial charge in [0.1, 0.15) is 0 Å². The number of nitrogens with one attached hydrogen (secondary N) is 2. The number of nitrogens with two attached hydrogens (primary N) is 1. The van der Waals surface area contributed by atoms with E-state index >= 15 is 0 Å². The average molecular weight is 376 g/mol. The molecule has 1 atom stereocenters. The van der Waals surface area contributed by atoms with Gasteiger partial charge in [0.05, 0.1) is 12.5 Å². The summed E-state index contributed by atoms with van der Waals surface area (Å²) >= 11 is 3.36. The molecule has 120 valence electrons. The summed E-state index contributed by atoms with van der Waals surface area (Å²) in [6, 6.07) is 15.9. The van der Waals surface area contributed by atoms with Crippen LogP contribution in [0.1, 0.15) is 23.6 Å². The molecule has 0 heterocycles. The van der Waals surface area contributed by atoms with Crippen LogP contribution in [0.5, 0.6) is 0 Å². The summed E-state index contributed by atoms with van der Waals surface area (Å²) in [4.78, 5) is 23.3. The molecule has 0 bridgehead atoms. The highest BCUT2D eigenvalue weighted by Crippen LogP contribution is 2.19. The fraction of sp³-hybridized carbons (Fsp3) is 0.176. The minimum absolute atomic E-state index is 0.122. The summed E-state index contributed by atoms with van der Waals surface area (Å²) in [5, 5.41) is 5.45. The highest BCUT2D eigenvalue weighted by atomic mass is 79.9. The SMILES string of the molecule is NC(=O)NC(CC(=O)NCc1ccccc1)c1ccc(Br)cc1. The van der Waals surface area contributed by atoms with Crippen LogP contribution >= 0.6 is 15.9 Å².